The molecule has 2 amide bonds. The molecule has 0 aromatic heterocycles. The minimum Gasteiger partial charge on any atom is -0.350 e. The van der Waals surface area contributed by atoms with Crippen LogP contribution >= 0.6 is 0 Å². The zero-order valence-corrected chi connectivity index (χ0v) is 23.7. The van der Waals surface area contributed by atoms with Gasteiger partial charge in [0.05, 0.1) is 30.1 Å². The number of hydrogen-bond donors (Lipinski definition) is 4. The maximum Gasteiger partial charge on any atom is 0.227 e. The summed E-state index contributed by atoms with van der Waals surface area (Å²) in [6.07, 6.45) is -0.597. The third-order valence-corrected chi connectivity index (χ3v) is 10.0. The molecule has 10 nitrogen and oxygen atoms in total. The van der Waals surface area contributed by atoms with E-state index in [1.165, 1.54) is 0 Å². The standard InChI is InChI=1S/C27H48F2N8O2/c1-16-21-5-4-19(28)15-37(16)17(2)23(25(30)32-21)26(38)33-22-13-31-12-20(29)24(22)35-8-10-36(11-9-35)27(39)18-6-7-34(3)14-18/h16-25,31-32H,4-15,30H2,1-3H3,(H,33,38). The van der Waals surface area contributed by atoms with Crippen LogP contribution in [0, 0.1) is 11.8 Å². The summed E-state index contributed by atoms with van der Waals surface area (Å²) in [6.45, 7) is 9.06. The van der Waals surface area contributed by atoms with Gasteiger partial charge in [-0.25, -0.2) is 8.78 Å². The van der Waals surface area contributed by atoms with Crippen LogP contribution < -0.4 is 21.7 Å². The molecule has 2 bridgehead atoms. The molecule has 0 aromatic carbocycles. The molecule has 222 valence electrons. The van der Waals surface area contributed by atoms with Crippen LogP contribution in [0.1, 0.15) is 33.1 Å². The predicted molar refractivity (Wildman–Crippen MR) is 145 cm³/mol. The third-order valence-electron chi connectivity index (χ3n) is 10.0. The first kappa shape index (κ1) is 29.1. The van der Waals surface area contributed by atoms with Gasteiger partial charge < -0.3 is 26.2 Å². The molecular weight excluding hydrogens is 506 g/mol. The summed E-state index contributed by atoms with van der Waals surface area (Å²) in [5, 5.41) is 9.69. The summed E-state index contributed by atoms with van der Waals surface area (Å²) in [7, 11) is 2.04. The number of nitrogens with two attached hydrogens (primary N) is 1. The van der Waals surface area contributed by atoms with Crippen LogP contribution in [0.3, 0.4) is 0 Å². The van der Waals surface area contributed by atoms with Gasteiger partial charge in [-0.15, -0.1) is 0 Å². The molecule has 0 radical (unpaired) electrons. The molecule has 11 unspecified atom stereocenters. The van der Waals surface area contributed by atoms with E-state index in [9.17, 15) is 14.0 Å². The first-order chi connectivity index (χ1) is 18.6. The lowest BCUT2D eigenvalue weighted by atomic mass is 9.92. The Bertz CT molecular complexity index is 877. The highest BCUT2D eigenvalue weighted by Gasteiger charge is 2.47. The minimum atomic E-state index is -1.15. The number of halogens is 2. The molecule has 12 heteroatoms. The smallest absolute Gasteiger partial charge is 0.227 e. The Labute approximate surface area is 231 Å². The van der Waals surface area contributed by atoms with Crippen molar-refractivity contribution in [2.45, 2.75) is 81.8 Å². The molecule has 0 aliphatic carbocycles. The van der Waals surface area contributed by atoms with Gasteiger partial charge in [0.25, 0.3) is 0 Å². The van der Waals surface area contributed by atoms with Crippen LogP contribution in [0.15, 0.2) is 0 Å². The molecule has 11 atom stereocenters. The van der Waals surface area contributed by atoms with Crippen LogP contribution in [0.5, 0.6) is 0 Å². The number of alkyl halides is 2. The van der Waals surface area contributed by atoms with E-state index in [4.69, 9.17) is 5.73 Å². The van der Waals surface area contributed by atoms with E-state index in [1.807, 2.05) is 18.9 Å². The highest BCUT2D eigenvalue weighted by atomic mass is 19.1. The molecule has 5 fully saturated rings. The number of likely N-dealkylation sites (tertiary alicyclic amines) is 1. The Morgan fingerprint density at radius 1 is 0.949 bits per heavy atom. The number of nitrogens with one attached hydrogen (secondary N) is 3. The Balaban J connectivity index is 1.24. The number of carbonyl (C=O) groups excluding carboxylic acids is 2. The number of nitrogens with zero attached hydrogens (tertiary/aromatic N) is 4. The van der Waals surface area contributed by atoms with Crippen LogP contribution in [0.4, 0.5) is 8.78 Å². The molecule has 39 heavy (non-hydrogen) atoms. The van der Waals surface area contributed by atoms with Crippen molar-refractivity contribution in [3.05, 3.63) is 0 Å². The van der Waals surface area contributed by atoms with Crippen molar-refractivity contribution in [1.29, 1.82) is 0 Å². The van der Waals surface area contributed by atoms with E-state index in [-0.39, 0.29) is 48.9 Å². The van der Waals surface area contributed by atoms with Crippen molar-refractivity contribution in [3.63, 3.8) is 0 Å². The molecule has 5 rings (SSSR count). The first-order valence-electron chi connectivity index (χ1n) is 14.9. The zero-order chi connectivity index (χ0) is 27.8. The van der Waals surface area contributed by atoms with Gasteiger partial charge in [-0.2, -0.15) is 0 Å². The van der Waals surface area contributed by atoms with Gasteiger partial charge >= 0.3 is 0 Å². The van der Waals surface area contributed by atoms with E-state index in [0.717, 1.165) is 19.5 Å². The molecule has 5 saturated heterocycles. The molecular formula is C27H48F2N8O2. The zero-order valence-electron chi connectivity index (χ0n) is 23.7. The van der Waals surface area contributed by atoms with Gasteiger partial charge in [-0.3, -0.25) is 24.7 Å². The van der Waals surface area contributed by atoms with Crippen molar-refractivity contribution < 1.29 is 18.4 Å². The topological polar surface area (TPSA) is 109 Å². The summed E-state index contributed by atoms with van der Waals surface area (Å²) >= 11 is 0. The second-order valence-electron chi connectivity index (χ2n) is 12.6. The Morgan fingerprint density at radius 2 is 1.69 bits per heavy atom. The lowest BCUT2D eigenvalue weighted by molar-refractivity contribution is -0.137. The van der Waals surface area contributed by atoms with Crippen LogP contribution in [0.2, 0.25) is 0 Å². The van der Waals surface area contributed by atoms with Crippen molar-refractivity contribution in [2.24, 2.45) is 17.6 Å². The first-order valence-corrected chi connectivity index (χ1v) is 14.9. The fourth-order valence-electron chi connectivity index (χ4n) is 7.72. The second-order valence-corrected chi connectivity index (χ2v) is 12.6. The maximum absolute atomic E-state index is 15.4. The van der Waals surface area contributed by atoms with Crippen molar-refractivity contribution in [1.82, 2.24) is 35.6 Å². The number of carbonyl (C=O) groups is 2. The molecule has 5 aliphatic rings. The summed E-state index contributed by atoms with van der Waals surface area (Å²) in [5.41, 5.74) is 6.55. The normalized spacial score (nSPS) is 44.5. The van der Waals surface area contributed by atoms with Crippen molar-refractivity contribution in [3.8, 4) is 0 Å². The summed E-state index contributed by atoms with van der Waals surface area (Å²) in [5.74, 6) is -0.560. The lowest BCUT2D eigenvalue weighted by Crippen LogP contribution is -2.68. The highest BCUT2D eigenvalue weighted by molar-refractivity contribution is 5.81. The van der Waals surface area contributed by atoms with Crippen LogP contribution in [-0.2, 0) is 9.59 Å². The monoisotopic (exact) mass is 554 g/mol. The van der Waals surface area contributed by atoms with Gasteiger partial charge in [-0.05, 0) is 46.7 Å². The SMILES string of the molecule is CC1C2CCC(F)CN1C(C)C(C(=O)NC1CNCC(F)C1N1CCN(C(=O)C3CCN(C)C3)CC1)C(N)N2. The van der Waals surface area contributed by atoms with Crippen LogP contribution in [0.25, 0.3) is 0 Å². The van der Waals surface area contributed by atoms with E-state index in [2.05, 4.69) is 37.6 Å². The van der Waals surface area contributed by atoms with Gasteiger partial charge in [0, 0.05) is 70.5 Å². The second kappa shape index (κ2) is 12.2. The summed E-state index contributed by atoms with van der Waals surface area (Å²) < 4.78 is 30.0. The largest absolute Gasteiger partial charge is 0.350 e. The van der Waals surface area contributed by atoms with Crippen molar-refractivity contribution in [2.75, 3.05) is 66.0 Å². The Hall–Kier alpha value is -1.44. The molecule has 5 aliphatic heterocycles. The van der Waals surface area contributed by atoms with Gasteiger partial charge in [0.15, 0.2) is 0 Å². The number of fused-ring (bicyclic) bond motifs is 2. The van der Waals surface area contributed by atoms with Gasteiger partial charge in [-0.1, -0.05) is 0 Å². The average Bonchev–Trinajstić information content (AvgIpc) is 3.26. The summed E-state index contributed by atoms with van der Waals surface area (Å²) in [4.78, 5) is 35.1. The fourth-order valence-corrected chi connectivity index (χ4v) is 7.72. The molecule has 0 saturated carbocycles. The van der Waals surface area contributed by atoms with Gasteiger partial charge in [0.2, 0.25) is 11.8 Å². The summed E-state index contributed by atoms with van der Waals surface area (Å²) in [6, 6.07) is -1.09. The van der Waals surface area contributed by atoms with Crippen LogP contribution in [-0.4, -0.2) is 146 Å². The van der Waals surface area contributed by atoms with Crippen molar-refractivity contribution >= 4 is 11.8 Å². The van der Waals surface area contributed by atoms with E-state index in [1.54, 1.807) is 0 Å². The maximum atomic E-state index is 15.4. The van der Waals surface area contributed by atoms with E-state index in [0.29, 0.717) is 45.6 Å². The molecule has 5 N–H and O–H groups in total. The fraction of sp³-hybridized carbons (Fsp3) is 0.926. The Morgan fingerprint density at radius 3 is 2.38 bits per heavy atom. The highest BCUT2D eigenvalue weighted by Crippen LogP contribution is 2.29. The molecule has 0 aromatic rings. The number of piperidine rings is 1. The van der Waals surface area contributed by atoms with Gasteiger partial charge in [0.1, 0.15) is 12.3 Å². The predicted octanol–water partition coefficient (Wildman–Crippen LogP) is -1.04. The average molecular weight is 555 g/mol. The van der Waals surface area contributed by atoms with E-state index < -0.39 is 36.5 Å². The number of hydrogen-bond acceptors (Lipinski definition) is 8. The quantitative estimate of drug-likeness (QED) is 0.349. The number of amides is 2. The number of piperazine rings is 1. The van der Waals surface area contributed by atoms with E-state index >= 15 is 4.39 Å². The molecule has 0 spiro atoms. The minimum absolute atomic E-state index is 0.0176. The Kier molecular flexibility index (Phi) is 9.09. The molecule has 5 heterocycles. The number of rotatable bonds is 4. The lowest BCUT2D eigenvalue weighted by Gasteiger charge is -2.46. The third kappa shape index (κ3) is 6.11.